The minimum absolute atomic E-state index is 0.209. The number of carbonyl (C=O) groups excluding carboxylic acids is 1. The van der Waals surface area contributed by atoms with E-state index in [-0.39, 0.29) is 5.91 Å². The molecule has 2 aromatic carbocycles. The van der Waals surface area contributed by atoms with Crippen LogP contribution in [0.5, 0.6) is 0 Å². The molecule has 1 N–H and O–H groups in total. The van der Waals surface area contributed by atoms with Crippen LogP contribution in [-0.2, 0) is 12.8 Å². The number of aryl methyl sites for hydroxylation is 2. The van der Waals surface area contributed by atoms with E-state index < -0.39 is 0 Å². The Morgan fingerprint density at radius 1 is 1.00 bits per heavy atom. The van der Waals surface area contributed by atoms with Gasteiger partial charge in [-0.1, -0.05) is 48.5 Å². The Hall–Kier alpha value is -2.13. The standard InChI is InChI=1S/C23H30N2O/c1-24-16-13-20-14-17-25(18-15-20)23(26)22-10-6-5-9-21(22)12-11-19-7-3-2-4-8-19/h2-10,20,24H,11-18H2,1H3. The van der Waals surface area contributed by atoms with Crippen molar-refractivity contribution in [2.75, 3.05) is 26.7 Å². The molecule has 0 unspecified atom stereocenters. The molecular weight excluding hydrogens is 320 g/mol. The van der Waals surface area contributed by atoms with Crippen molar-refractivity contribution in [2.24, 2.45) is 5.92 Å². The van der Waals surface area contributed by atoms with Crippen molar-refractivity contribution in [2.45, 2.75) is 32.1 Å². The number of amides is 1. The normalized spacial score (nSPS) is 15.2. The number of hydrogen-bond donors (Lipinski definition) is 1. The van der Waals surface area contributed by atoms with Crippen molar-refractivity contribution in [1.29, 1.82) is 0 Å². The molecule has 0 saturated carbocycles. The Labute approximate surface area is 157 Å². The second-order valence-electron chi connectivity index (χ2n) is 7.27. The van der Waals surface area contributed by atoms with Gasteiger partial charge in [-0.3, -0.25) is 4.79 Å². The molecule has 1 heterocycles. The van der Waals surface area contributed by atoms with E-state index in [4.69, 9.17) is 0 Å². The van der Waals surface area contributed by atoms with E-state index in [0.29, 0.717) is 0 Å². The molecule has 0 radical (unpaired) electrons. The first-order chi connectivity index (χ1) is 12.8. The molecule has 0 atom stereocenters. The zero-order chi connectivity index (χ0) is 18.2. The van der Waals surface area contributed by atoms with Gasteiger partial charge in [0.1, 0.15) is 0 Å². The smallest absolute Gasteiger partial charge is 0.254 e. The zero-order valence-corrected chi connectivity index (χ0v) is 15.8. The monoisotopic (exact) mass is 350 g/mol. The lowest BCUT2D eigenvalue weighted by atomic mass is 9.92. The highest BCUT2D eigenvalue weighted by Gasteiger charge is 2.24. The van der Waals surface area contributed by atoms with Gasteiger partial charge in [-0.05, 0) is 68.8 Å². The van der Waals surface area contributed by atoms with Crippen LogP contribution in [0.3, 0.4) is 0 Å². The molecule has 0 bridgehead atoms. The molecule has 138 valence electrons. The lowest BCUT2D eigenvalue weighted by molar-refractivity contribution is 0.0686. The van der Waals surface area contributed by atoms with Crippen molar-refractivity contribution in [3.05, 3.63) is 71.3 Å². The van der Waals surface area contributed by atoms with Crippen LogP contribution in [-0.4, -0.2) is 37.5 Å². The fourth-order valence-corrected chi connectivity index (χ4v) is 3.81. The van der Waals surface area contributed by atoms with E-state index in [0.717, 1.165) is 56.8 Å². The molecule has 3 rings (SSSR count). The predicted octanol–water partition coefficient (Wildman–Crippen LogP) is 3.93. The number of piperidine rings is 1. The molecule has 1 saturated heterocycles. The summed E-state index contributed by atoms with van der Waals surface area (Å²) in [5.74, 6) is 0.959. The summed E-state index contributed by atoms with van der Waals surface area (Å²) in [7, 11) is 2.00. The van der Waals surface area contributed by atoms with Gasteiger partial charge in [-0.25, -0.2) is 0 Å². The van der Waals surface area contributed by atoms with Crippen LogP contribution in [0.2, 0.25) is 0 Å². The lowest BCUT2D eigenvalue weighted by Crippen LogP contribution is -2.39. The summed E-state index contributed by atoms with van der Waals surface area (Å²) in [5, 5.41) is 3.23. The maximum absolute atomic E-state index is 13.1. The first-order valence-corrected chi connectivity index (χ1v) is 9.83. The summed E-state index contributed by atoms with van der Waals surface area (Å²) in [5.41, 5.74) is 3.37. The molecule has 0 aromatic heterocycles. The Morgan fingerprint density at radius 3 is 2.42 bits per heavy atom. The molecular formula is C23H30N2O. The predicted molar refractivity (Wildman–Crippen MR) is 107 cm³/mol. The summed E-state index contributed by atoms with van der Waals surface area (Å²) < 4.78 is 0. The summed E-state index contributed by atoms with van der Waals surface area (Å²) in [6.07, 6.45) is 5.34. The van der Waals surface area contributed by atoms with E-state index >= 15 is 0 Å². The van der Waals surface area contributed by atoms with Gasteiger partial charge in [0.05, 0.1) is 0 Å². The van der Waals surface area contributed by atoms with Crippen LogP contribution < -0.4 is 5.32 Å². The number of hydrogen-bond acceptors (Lipinski definition) is 2. The van der Waals surface area contributed by atoms with Crippen LogP contribution in [0, 0.1) is 5.92 Å². The summed E-state index contributed by atoms with van der Waals surface area (Å²) in [4.78, 5) is 15.1. The van der Waals surface area contributed by atoms with Gasteiger partial charge in [0, 0.05) is 18.7 Å². The van der Waals surface area contributed by atoms with Crippen LogP contribution in [0.25, 0.3) is 0 Å². The Balaban J connectivity index is 1.61. The number of rotatable bonds is 7. The first kappa shape index (κ1) is 18.7. The van der Waals surface area contributed by atoms with E-state index in [2.05, 4.69) is 40.5 Å². The molecule has 0 aliphatic carbocycles. The van der Waals surface area contributed by atoms with Gasteiger partial charge in [0.25, 0.3) is 5.91 Å². The highest BCUT2D eigenvalue weighted by molar-refractivity contribution is 5.95. The van der Waals surface area contributed by atoms with Crippen molar-refractivity contribution in [3.8, 4) is 0 Å². The molecule has 3 nitrogen and oxygen atoms in total. The SMILES string of the molecule is CNCCC1CCN(C(=O)c2ccccc2CCc2ccccc2)CC1. The van der Waals surface area contributed by atoms with E-state index in [1.807, 2.05) is 31.3 Å². The van der Waals surface area contributed by atoms with Gasteiger partial charge in [-0.15, -0.1) is 0 Å². The average Bonchev–Trinajstić information content (AvgIpc) is 2.71. The molecule has 2 aromatic rings. The molecule has 1 amide bonds. The highest BCUT2D eigenvalue weighted by Crippen LogP contribution is 2.23. The van der Waals surface area contributed by atoms with Crippen molar-refractivity contribution >= 4 is 5.91 Å². The molecule has 3 heteroatoms. The third-order valence-corrected chi connectivity index (χ3v) is 5.48. The highest BCUT2D eigenvalue weighted by atomic mass is 16.2. The average molecular weight is 351 g/mol. The Morgan fingerprint density at radius 2 is 1.69 bits per heavy atom. The quantitative estimate of drug-likeness (QED) is 0.820. The lowest BCUT2D eigenvalue weighted by Gasteiger charge is -2.32. The second kappa shape index (κ2) is 9.54. The van der Waals surface area contributed by atoms with Crippen molar-refractivity contribution < 1.29 is 4.79 Å². The summed E-state index contributed by atoms with van der Waals surface area (Å²) in [6, 6.07) is 18.6. The summed E-state index contributed by atoms with van der Waals surface area (Å²) in [6.45, 7) is 2.85. The van der Waals surface area contributed by atoms with Gasteiger partial charge < -0.3 is 10.2 Å². The molecule has 0 spiro atoms. The maximum Gasteiger partial charge on any atom is 0.254 e. The number of likely N-dealkylation sites (tertiary alicyclic amines) is 1. The first-order valence-electron chi connectivity index (χ1n) is 9.83. The van der Waals surface area contributed by atoms with Gasteiger partial charge in [-0.2, -0.15) is 0 Å². The van der Waals surface area contributed by atoms with Crippen molar-refractivity contribution in [3.63, 3.8) is 0 Å². The van der Waals surface area contributed by atoms with Crippen LogP contribution >= 0.6 is 0 Å². The molecule has 1 aliphatic rings. The van der Waals surface area contributed by atoms with Gasteiger partial charge >= 0.3 is 0 Å². The number of nitrogens with one attached hydrogen (secondary N) is 1. The summed E-state index contributed by atoms with van der Waals surface area (Å²) >= 11 is 0. The second-order valence-corrected chi connectivity index (χ2v) is 7.27. The zero-order valence-electron chi connectivity index (χ0n) is 15.8. The molecule has 1 fully saturated rings. The fraction of sp³-hybridized carbons (Fsp3) is 0.435. The largest absolute Gasteiger partial charge is 0.339 e. The number of carbonyl (C=O) groups is 1. The van der Waals surface area contributed by atoms with Crippen LogP contribution in [0.4, 0.5) is 0 Å². The minimum Gasteiger partial charge on any atom is -0.339 e. The molecule has 1 aliphatic heterocycles. The Bertz CT molecular complexity index is 690. The number of benzene rings is 2. The third-order valence-electron chi connectivity index (χ3n) is 5.48. The number of nitrogens with zero attached hydrogens (tertiary/aromatic N) is 1. The van der Waals surface area contributed by atoms with Crippen molar-refractivity contribution in [1.82, 2.24) is 10.2 Å². The van der Waals surface area contributed by atoms with E-state index in [1.54, 1.807) is 0 Å². The topological polar surface area (TPSA) is 32.3 Å². The van der Waals surface area contributed by atoms with E-state index in [9.17, 15) is 4.79 Å². The van der Waals surface area contributed by atoms with E-state index in [1.165, 1.54) is 17.5 Å². The van der Waals surface area contributed by atoms with Gasteiger partial charge in [0.15, 0.2) is 0 Å². The Kier molecular flexibility index (Phi) is 6.84. The van der Waals surface area contributed by atoms with Crippen LogP contribution in [0.15, 0.2) is 54.6 Å². The third kappa shape index (κ3) is 4.95. The van der Waals surface area contributed by atoms with Crippen LogP contribution in [0.1, 0.15) is 40.7 Å². The fourth-order valence-electron chi connectivity index (χ4n) is 3.81. The maximum atomic E-state index is 13.1. The van der Waals surface area contributed by atoms with Gasteiger partial charge in [0.2, 0.25) is 0 Å². The molecule has 26 heavy (non-hydrogen) atoms. The minimum atomic E-state index is 0.209.